The molecular weight excluding hydrogens is 248 g/mol. The van der Waals surface area contributed by atoms with Gasteiger partial charge in [-0.15, -0.1) is 10.2 Å². The second-order valence-corrected chi connectivity index (χ2v) is 6.09. The zero-order chi connectivity index (χ0) is 13.0. The van der Waals surface area contributed by atoms with Gasteiger partial charge in [-0.3, -0.25) is 4.79 Å². The number of hydrogen-bond donors (Lipinski definition) is 1. The van der Waals surface area contributed by atoms with Crippen molar-refractivity contribution in [1.29, 1.82) is 0 Å². The molecule has 0 spiro atoms. The van der Waals surface area contributed by atoms with E-state index in [9.17, 15) is 4.79 Å². The number of likely N-dealkylation sites (tertiary alicyclic amines) is 1. The molecule has 100 valence electrons. The van der Waals surface area contributed by atoms with Gasteiger partial charge in [0, 0.05) is 12.5 Å². The molecule has 1 fully saturated rings. The molecule has 1 N–H and O–H groups in total. The molecule has 1 aliphatic heterocycles. The highest BCUT2D eigenvalue weighted by Gasteiger charge is 2.21. The van der Waals surface area contributed by atoms with E-state index in [0.717, 1.165) is 23.0 Å². The lowest BCUT2D eigenvalue weighted by atomic mass is 10.00. The molecule has 1 atom stereocenters. The number of aromatic nitrogens is 2. The van der Waals surface area contributed by atoms with Crippen molar-refractivity contribution < 1.29 is 4.79 Å². The monoisotopic (exact) mass is 268 g/mol. The normalized spacial score (nSPS) is 20.9. The first-order valence-electron chi connectivity index (χ1n) is 6.41. The molecule has 1 saturated heterocycles. The Morgan fingerprint density at radius 2 is 2.33 bits per heavy atom. The van der Waals surface area contributed by atoms with Gasteiger partial charge in [0.15, 0.2) is 0 Å². The molecule has 0 aromatic carbocycles. The number of piperidine rings is 1. The Morgan fingerprint density at radius 1 is 1.50 bits per heavy atom. The maximum Gasteiger partial charge on any atom is 0.221 e. The Hall–Kier alpha value is -1.01. The third-order valence-electron chi connectivity index (χ3n) is 3.35. The van der Waals surface area contributed by atoms with Crippen LogP contribution < -0.4 is 5.32 Å². The Balaban J connectivity index is 1.74. The standard InChI is InChI=1S/C12H20N4OS/c1-9-14-15-12(18-9)8-13-11(17)7-10-5-3-4-6-16(10)2/h10H,3-8H2,1-2H3,(H,13,17)/t10-/m0/s1. The molecule has 1 amide bonds. The summed E-state index contributed by atoms with van der Waals surface area (Å²) in [6.45, 7) is 3.52. The number of carbonyl (C=O) groups excluding carboxylic acids is 1. The SMILES string of the molecule is Cc1nnc(CNC(=O)C[C@@H]2CCCCN2C)s1. The summed E-state index contributed by atoms with van der Waals surface area (Å²) in [5.41, 5.74) is 0. The molecule has 1 aromatic heterocycles. The van der Waals surface area contributed by atoms with Crippen LogP contribution in [0.15, 0.2) is 0 Å². The Kier molecular flexibility index (Phi) is 4.66. The molecular formula is C12H20N4OS. The highest BCUT2D eigenvalue weighted by atomic mass is 32.1. The van der Waals surface area contributed by atoms with Crippen LogP contribution in [-0.4, -0.2) is 40.6 Å². The van der Waals surface area contributed by atoms with Crippen molar-refractivity contribution >= 4 is 17.2 Å². The molecule has 2 rings (SSSR count). The molecule has 1 aromatic rings. The van der Waals surface area contributed by atoms with E-state index in [1.807, 2.05) is 6.92 Å². The fourth-order valence-corrected chi connectivity index (χ4v) is 2.92. The van der Waals surface area contributed by atoms with E-state index in [1.54, 1.807) is 0 Å². The van der Waals surface area contributed by atoms with Crippen LogP contribution in [0.25, 0.3) is 0 Å². The fourth-order valence-electron chi connectivity index (χ4n) is 2.27. The minimum atomic E-state index is 0.113. The number of amides is 1. The highest BCUT2D eigenvalue weighted by molar-refractivity contribution is 7.11. The molecule has 0 radical (unpaired) electrons. The van der Waals surface area contributed by atoms with Gasteiger partial charge in [0.1, 0.15) is 10.0 Å². The van der Waals surface area contributed by atoms with Crippen molar-refractivity contribution in [2.75, 3.05) is 13.6 Å². The van der Waals surface area contributed by atoms with E-state index in [4.69, 9.17) is 0 Å². The van der Waals surface area contributed by atoms with E-state index in [0.29, 0.717) is 19.0 Å². The Morgan fingerprint density at radius 3 is 3.00 bits per heavy atom. The molecule has 0 saturated carbocycles. The van der Waals surface area contributed by atoms with E-state index >= 15 is 0 Å². The molecule has 2 heterocycles. The van der Waals surface area contributed by atoms with Gasteiger partial charge in [-0.05, 0) is 33.4 Å². The molecule has 1 aliphatic rings. The number of carbonyl (C=O) groups is 1. The Bertz CT molecular complexity index is 407. The van der Waals surface area contributed by atoms with Crippen molar-refractivity contribution in [3.63, 3.8) is 0 Å². The van der Waals surface area contributed by atoms with E-state index in [2.05, 4.69) is 27.5 Å². The van der Waals surface area contributed by atoms with Gasteiger partial charge >= 0.3 is 0 Å². The van der Waals surface area contributed by atoms with Crippen molar-refractivity contribution in [2.24, 2.45) is 0 Å². The van der Waals surface area contributed by atoms with Crippen LogP contribution in [0, 0.1) is 6.92 Å². The van der Waals surface area contributed by atoms with Crippen LogP contribution in [0.5, 0.6) is 0 Å². The number of nitrogens with one attached hydrogen (secondary N) is 1. The lowest BCUT2D eigenvalue weighted by Crippen LogP contribution is -2.40. The van der Waals surface area contributed by atoms with Crippen molar-refractivity contribution in [1.82, 2.24) is 20.4 Å². The summed E-state index contributed by atoms with van der Waals surface area (Å²) >= 11 is 1.53. The minimum Gasteiger partial charge on any atom is -0.349 e. The van der Waals surface area contributed by atoms with Gasteiger partial charge in [-0.1, -0.05) is 17.8 Å². The van der Waals surface area contributed by atoms with Gasteiger partial charge in [0.2, 0.25) is 5.91 Å². The van der Waals surface area contributed by atoms with Gasteiger partial charge in [-0.2, -0.15) is 0 Å². The van der Waals surface area contributed by atoms with Crippen LogP contribution in [0.2, 0.25) is 0 Å². The Labute approximate surface area is 112 Å². The van der Waals surface area contributed by atoms with Crippen LogP contribution in [0.1, 0.15) is 35.7 Å². The maximum atomic E-state index is 11.9. The second kappa shape index (κ2) is 6.24. The van der Waals surface area contributed by atoms with Gasteiger partial charge in [-0.25, -0.2) is 0 Å². The number of aryl methyl sites for hydroxylation is 1. The first-order chi connectivity index (χ1) is 8.65. The zero-order valence-corrected chi connectivity index (χ0v) is 11.8. The van der Waals surface area contributed by atoms with Crippen LogP contribution in [0.3, 0.4) is 0 Å². The third kappa shape index (κ3) is 3.74. The van der Waals surface area contributed by atoms with E-state index in [1.165, 1.54) is 24.2 Å². The van der Waals surface area contributed by atoms with Crippen molar-refractivity contribution in [3.8, 4) is 0 Å². The maximum absolute atomic E-state index is 11.9. The summed E-state index contributed by atoms with van der Waals surface area (Å²) in [6, 6.07) is 0.398. The third-order valence-corrected chi connectivity index (χ3v) is 4.19. The average molecular weight is 268 g/mol. The lowest BCUT2D eigenvalue weighted by molar-refractivity contribution is -0.122. The first-order valence-corrected chi connectivity index (χ1v) is 7.22. The van der Waals surface area contributed by atoms with Crippen LogP contribution in [-0.2, 0) is 11.3 Å². The zero-order valence-electron chi connectivity index (χ0n) is 11.0. The summed E-state index contributed by atoms with van der Waals surface area (Å²) < 4.78 is 0. The molecule has 18 heavy (non-hydrogen) atoms. The van der Waals surface area contributed by atoms with Crippen molar-refractivity contribution in [2.45, 2.75) is 45.2 Å². The molecule has 0 bridgehead atoms. The van der Waals surface area contributed by atoms with Crippen LogP contribution in [0.4, 0.5) is 0 Å². The molecule has 0 unspecified atom stereocenters. The summed E-state index contributed by atoms with van der Waals surface area (Å²) in [6.07, 6.45) is 4.20. The highest BCUT2D eigenvalue weighted by Crippen LogP contribution is 2.17. The summed E-state index contributed by atoms with van der Waals surface area (Å²) in [4.78, 5) is 14.1. The number of nitrogens with zero attached hydrogens (tertiary/aromatic N) is 3. The van der Waals surface area contributed by atoms with E-state index in [-0.39, 0.29) is 5.91 Å². The first kappa shape index (κ1) is 13.4. The predicted molar refractivity (Wildman–Crippen MR) is 71.4 cm³/mol. The van der Waals surface area contributed by atoms with Gasteiger partial charge in [0.25, 0.3) is 0 Å². The smallest absolute Gasteiger partial charge is 0.221 e. The lowest BCUT2D eigenvalue weighted by Gasteiger charge is -2.31. The van der Waals surface area contributed by atoms with E-state index < -0.39 is 0 Å². The van der Waals surface area contributed by atoms with Gasteiger partial charge in [0.05, 0.1) is 6.54 Å². The van der Waals surface area contributed by atoms with Gasteiger partial charge < -0.3 is 10.2 Å². The largest absolute Gasteiger partial charge is 0.349 e. The predicted octanol–water partition coefficient (Wildman–Crippen LogP) is 1.34. The number of rotatable bonds is 4. The second-order valence-electron chi connectivity index (χ2n) is 4.83. The molecule has 5 nitrogen and oxygen atoms in total. The topological polar surface area (TPSA) is 58.1 Å². The molecule has 6 heteroatoms. The van der Waals surface area contributed by atoms with Crippen molar-refractivity contribution in [3.05, 3.63) is 10.0 Å². The minimum absolute atomic E-state index is 0.113. The average Bonchev–Trinajstić information content (AvgIpc) is 2.76. The fraction of sp³-hybridized carbons (Fsp3) is 0.750. The summed E-state index contributed by atoms with van der Waals surface area (Å²) in [5, 5.41) is 12.7. The van der Waals surface area contributed by atoms with Crippen LogP contribution >= 0.6 is 11.3 Å². The molecule has 0 aliphatic carbocycles. The summed E-state index contributed by atoms with van der Waals surface area (Å²) in [5.74, 6) is 0.113. The number of hydrogen-bond acceptors (Lipinski definition) is 5. The quantitative estimate of drug-likeness (QED) is 0.895. The summed E-state index contributed by atoms with van der Waals surface area (Å²) in [7, 11) is 2.10.